The third-order valence-electron chi connectivity index (χ3n) is 2.85. The number of carbonyl (C=O) groups excluding carboxylic acids is 1. The summed E-state index contributed by atoms with van der Waals surface area (Å²) in [5.41, 5.74) is 0. The predicted molar refractivity (Wildman–Crippen MR) is 39.7 cm³/mol. The molecule has 2 fully saturated rings. The molecule has 1 aliphatic heterocycles. The highest BCUT2D eigenvalue weighted by Gasteiger charge is 2.54. The largest absolute Gasteiger partial charge is 0.481 e. The van der Waals surface area contributed by atoms with Crippen molar-refractivity contribution in [3.63, 3.8) is 0 Å². The van der Waals surface area contributed by atoms with Gasteiger partial charge in [0.05, 0.1) is 24.5 Å². The maximum atomic E-state index is 11.1. The summed E-state index contributed by atoms with van der Waals surface area (Å²) in [6.45, 7) is 0.254. The maximum absolute atomic E-state index is 11.1. The number of carboxylic acid groups (broad SMARTS) is 1. The van der Waals surface area contributed by atoms with Gasteiger partial charge >= 0.3 is 11.9 Å². The quantitative estimate of drug-likeness (QED) is 0.526. The molecule has 72 valence electrons. The van der Waals surface area contributed by atoms with Gasteiger partial charge in [0.15, 0.2) is 0 Å². The molecule has 0 aromatic carbocycles. The molecule has 1 heterocycles. The average molecular weight is 186 g/mol. The van der Waals surface area contributed by atoms with Crippen molar-refractivity contribution in [3.8, 4) is 0 Å². The molecule has 0 bridgehead atoms. The third-order valence-corrected chi connectivity index (χ3v) is 2.85. The van der Waals surface area contributed by atoms with Gasteiger partial charge < -0.3 is 14.9 Å². The van der Waals surface area contributed by atoms with Crippen LogP contribution in [0.5, 0.6) is 0 Å². The SMILES string of the molecule is O=C(O)C1C(O)CC2COC(=O)C21. The van der Waals surface area contributed by atoms with E-state index in [1.54, 1.807) is 0 Å². The summed E-state index contributed by atoms with van der Waals surface area (Å²) in [7, 11) is 0. The van der Waals surface area contributed by atoms with Gasteiger partial charge in [0.1, 0.15) is 0 Å². The van der Waals surface area contributed by atoms with Crippen LogP contribution in [0, 0.1) is 17.8 Å². The topological polar surface area (TPSA) is 83.8 Å². The number of carboxylic acids is 1. The third kappa shape index (κ3) is 1.11. The fourth-order valence-corrected chi connectivity index (χ4v) is 2.25. The highest BCUT2D eigenvalue weighted by molar-refractivity contribution is 5.83. The first-order valence-corrected chi connectivity index (χ1v) is 4.18. The Morgan fingerprint density at radius 2 is 2.23 bits per heavy atom. The van der Waals surface area contributed by atoms with Gasteiger partial charge in [-0.2, -0.15) is 0 Å². The van der Waals surface area contributed by atoms with Crippen LogP contribution in [-0.2, 0) is 14.3 Å². The summed E-state index contributed by atoms with van der Waals surface area (Å²) in [5, 5.41) is 18.2. The van der Waals surface area contributed by atoms with Gasteiger partial charge in [-0.25, -0.2) is 0 Å². The Morgan fingerprint density at radius 1 is 1.54 bits per heavy atom. The lowest BCUT2D eigenvalue weighted by atomic mass is 9.91. The van der Waals surface area contributed by atoms with Crippen molar-refractivity contribution in [2.24, 2.45) is 17.8 Å². The van der Waals surface area contributed by atoms with E-state index in [9.17, 15) is 14.7 Å². The highest BCUT2D eigenvalue weighted by Crippen LogP contribution is 2.42. The summed E-state index contributed by atoms with van der Waals surface area (Å²) >= 11 is 0. The summed E-state index contributed by atoms with van der Waals surface area (Å²) in [5.74, 6) is -3.30. The van der Waals surface area contributed by atoms with Crippen LogP contribution in [0.15, 0.2) is 0 Å². The monoisotopic (exact) mass is 186 g/mol. The Bertz CT molecular complexity index is 261. The summed E-state index contributed by atoms with van der Waals surface area (Å²) in [6.07, 6.45) is -0.548. The van der Waals surface area contributed by atoms with E-state index in [0.29, 0.717) is 6.42 Å². The Hall–Kier alpha value is -1.10. The molecule has 5 heteroatoms. The minimum Gasteiger partial charge on any atom is -0.481 e. The summed E-state index contributed by atoms with van der Waals surface area (Å²) in [6, 6.07) is 0. The molecule has 0 aromatic rings. The Balaban J connectivity index is 2.25. The normalized spacial score (nSPS) is 43.0. The Kier molecular flexibility index (Phi) is 1.76. The molecular weight excluding hydrogens is 176 g/mol. The molecule has 5 nitrogen and oxygen atoms in total. The molecular formula is C8H10O5. The van der Waals surface area contributed by atoms with Crippen LogP contribution < -0.4 is 0 Å². The van der Waals surface area contributed by atoms with Crippen LogP contribution >= 0.6 is 0 Å². The number of ether oxygens (including phenoxy) is 1. The van der Waals surface area contributed by atoms with Crippen molar-refractivity contribution >= 4 is 11.9 Å². The highest BCUT2D eigenvalue weighted by atomic mass is 16.5. The fraction of sp³-hybridized carbons (Fsp3) is 0.750. The van der Waals surface area contributed by atoms with Gasteiger partial charge in [-0.15, -0.1) is 0 Å². The molecule has 0 spiro atoms. The lowest BCUT2D eigenvalue weighted by Gasteiger charge is -2.12. The molecule has 1 aliphatic carbocycles. The van der Waals surface area contributed by atoms with E-state index in [1.165, 1.54) is 0 Å². The summed E-state index contributed by atoms with van der Waals surface area (Å²) in [4.78, 5) is 21.9. The van der Waals surface area contributed by atoms with Crippen LogP contribution in [0.2, 0.25) is 0 Å². The first-order chi connectivity index (χ1) is 6.11. The standard InChI is InChI=1S/C8H10O5/c9-4-1-3-2-13-8(12)5(3)6(4)7(10)11/h3-6,9H,1-2H2,(H,10,11). The molecule has 0 amide bonds. The van der Waals surface area contributed by atoms with Gasteiger partial charge in [-0.1, -0.05) is 0 Å². The van der Waals surface area contributed by atoms with Crippen molar-refractivity contribution in [3.05, 3.63) is 0 Å². The van der Waals surface area contributed by atoms with Crippen molar-refractivity contribution < 1.29 is 24.5 Å². The first kappa shape index (κ1) is 8.50. The molecule has 1 saturated carbocycles. The zero-order chi connectivity index (χ0) is 9.59. The summed E-state index contributed by atoms with van der Waals surface area (Å²) < 4.78 is 4.74. The van der Waals surface area contributed by atoms with Crippen LogP contribution in [0.4, 0.5) is 0 Å². The van der Waals surface area contributed by atoms with Gasteiger partial charge in [-0.3, -0.25) is 9.59 Å². The van der Waals surface area contributed by atoms with Crippen molar-refractivity contribution in [1.29, 1.82) is 0 Å². The molecule has 13 heavy (non-hydrogen) atoms. The van der Waals surface area contributed by atoms with E-state index in [1.807, 2.05) is 0 Å². The minimum atomic E-state index is -1.11. The Morgan fingerprint density at radius 3 is 2.85 bits per heavy atom. The molecule has 1 saturated heterocycles. The number of rotatable bonds is 1. The van der Waals surface area contributed by atoms with Gasteiger partial charge in [-0.05, 0) is 6.42 Å². The predicted octanol–water partition coefficient (Wildman–Crippen LogP) is -0.759. The van der Waals surface area contributed by atoms with E-state index in [2.05, 4.69) is 0 Å². The van der Waals surface area contributed by atoms with Crippen molar-refractivity contribution in [2.45, 2.75) is 12.5 Å². The first-order valence-electron chi connectivity index (χ1n) is 4.18. The van der Waals surface area contributed by atoms with Crippen LogP contribution in [0.3, 0.4) is 0 Å². The fourth-order valence-electron chi connectivity index (χ4n) is 2.25. The van der Waals surface area contributed by atoms with E-state index >= 15 is 0 Å². The van der Waals surface area contributed by atoms with E-state index in [-0.39, 0.29) is 12.5 Å². The average Bonchev–Trinajstić information content (AvgIpc) is 2.51. The molecule has 2 aliphatic rings. The second-order valence-electron chi connectivity index (χ2n) is 3.58. The molecule has 0 radical (unpaired) electrons. The number of aliphatic hydroxyl groups is 1. The minimum absolute atomic E-state index is 0.108. The number of aliphatic hydroxyl groups excluding tert-OH is 1. The smallest absolute Gasteiger partial charge is 0.310 e. The second kappa shape index (κ2) is 2.70. The van der Waals surface area contributed by atoms with E-state index in [0.717, 1.165) is 0 Å². The molecule has 4 unspecified atom stereocenters. The number of aliphatic carboxylic acids is 1. The van der Waals surface area contributed by atoms with Gasteiger partial charge in [0, 0.05) is 5.92 Å². The maximum Gasteiger partial charge on any atom is 0.310 e. The van der Waals surface area contributed by atoms with Crippen LogP contribution in [0.25, 0.3) is 0 Å². The molecule has 2 N–H and O–H groups in total. The lowest BCUT2D eigenvalue weighted by molar-refractivity contribution is -0.154. The molecule has 4 atom stereocenters. The van der Waals surface area contributed by atoms with Crippen molar-refractivity contribution in [1.82, 2.24) is 0 Å². The number of cyclic esters (lactones) is 1. The number of carbonyl (C=O) groups is 2. The number of fused-ring (bicyclic) bond motifs is 1. The van der Waals surface area contributed by atoms with Crippen molar-refractivity contribution in [2.75, 3.05) is 6.61 Å². The second-order valence-corrected chi connectivity index (χ2v) is 3.58. The van der Waals surface area contributed by atoms with Gasteiger partial charge in [0.2, 0.25) is 0 Å². The van der Waals surface area contributed by atoms with Crippen LogP contribution in [-0.4, -0.2) is 34.9 Å². The zero-order valence-electron chi connectivity index (χ0n) is 6.84. The lowest BCUT2D eigenvalue weighted by Crippen LogP contribution is -2.31. The van der Waals surface area contributed by atoms with E-state index in [4.69, 9.17) is 9.84 Å². The van der Waals surface area contributed by atoms with E-state index < -0.39 is 29.9 Å². The Labute approximate surface area is 74.3 Å². The molecule has 0 aromatic heterocycles. The number of esters is 1. The molecule has 2 rings (SSSR count). The zero-order valence-corrected chi connectivity index (χ0v) is 6.84. The van der Waals surface area contributed by atoms with Gasteiger partial charge in [0.25, 0.3) is 0 Å². The van der Waals surface area contributed by atoms with Crippen LogP contribution in [0.1, 0.15) is 6.42 Å². The number of hydrogen-bond donors (Lipinski definition) is 2. The number of hydrogen-bond acceptors (Lipinski definition) is 4.